The molecule has 92 valence electrons. The number of benzene rings is 1. The minimum Gasteiger partial charge on any atom is -0.545 e. The molecule has 0 saturated heterocycles. The summed E-state index contributed by atoms with van der Waals surface area (Å²) in [5, 5.41) is 10.2. The SMILES string of the molecule is CCCCCOc1ccc(C=CC(=O)[O-])cc1.[Li+]. The van der Waals surface area contributed by atoms with E-state index in [2.05, 4.69) is 6.92 Å². The summed E-state index contributed by atoms with van der Waals surface area (Å²) in [6, 6.07) is 7.30. The number of aliphatic carboxylic acids is 1. The van der Waals surface area contributed by atoms with Crippen LogP contribution in [0, 0.1) is 0 Å². The van der Waals surface area contributed by atoms with Crippen LogP contribution in [0.2, 0.25) is 0 Å². The van der Waals surface area contributed by atoms with Crippen molar-refractivity contribution in [3.8, 4) is 5.75 Å². The summed E-state index contributed by atoms with van der Waals surface area (Å²) in [5.41, 5.74) is 0.815. The topological polar surface area (TPSA) is 49.4 Å². The Labute approximate surface area is 120 Å². The van der Waals surface area contributed by atoms with Crippen molar-refractivity contribution in [2.75, 3.05) is 6.61 Å². The van der Waals surface area contributed by atoms with E-state index in [0.717, 1.165) is 30.4 Å². The van der Waals surface area contributed by atoms with E-state index in [-0.39, 0.29) is 18.9 Å². The molecule has 0 saturated carbocycles. The second-order valence-electron chi connectivity index (χ2n) is 3.78. The molecule has 0 fully saturated rings. The summed E-state index contributed by atoms with van der Waals surface area (Å²) in [4.78, 5) is 10.2. The average molecular weight is 240 g/mol. The molecule has 0 heterocycles. The van der Waals surface area contributed by atoms with Gasteiger partial charge in [0.15, 0.2) is 0 Å². The molecule has 0 spiro atoms. The molecular formula is C14H17LiO3. The number of carboxylic acid groups (broad SMARTS) is 1. The van der Waals surface area contributed by atoms with Crippen LogP contribution in [0.15, 0.2) is 30.3 Å². The van der Waals surface area contributed by atoms with Crippen LogP contribution >= 0.6 is 0 Å². The third-order valence-electron chi connectivity index (χ3n) is 2.31. The maximum absolute atomic E-state index is 10.2. The molecule has 0 aliphatic rings. The van der Waals surface area contributed by atoms with E-state index in [4.69, 9.17) is 4.74 Å². The van der Waals surface area contributed by atoms with Crippen molar-refractivity contribution in [2.24, 2.45) is 0 Å². The molecular weight excluding hydrogens is 223 g/mol. The fourth-order valence-electron chi connectivity index (χ4n) is 1.38. The first-order chi connectivity index (χ1) is 8.22. The number of unbranched alkanes of at least 4 members (excludes halogenated alkanes) is 2. The monoisotopic (exact) mass is 240 g/mol. The Bertz CT molecular complexity index is 371. The molecule has 18 heavy (non-hydrogen) atoms. The van der Waals surface area contributed by atoms with Crippen molar-refractivity contribution >= 4 is 12.0 Å². The number of hydrogen-bond donors (Lipinski definition) is 0. The number of rotatable bonds is 7. The molecule has 3 nitrogen and oxygen atoms in total. The van der Waals surface area contributed by atoms with E-state index in [9.17, 15) is 9.90 Å². The Hall–Kier alpha value is -1.17. The second kappa shape index (κ2) is 9.82. The fourth-order valence-corrected chi connectivity index (χ4v) is 1.38. The van der Waals surface area contributed by atoms with Crippen LogP contribution in [0.25, 0.3) is 6.08 Å². The van der Waals surface area contributed by atoms with Gasteiger partial charge in [-0.25, -0.2) is 0 Å². The summed E-state index contributed by atoms with van der Waals surface area (Å²) in [5.74, 6) is -0.378. The first kappa shape index (κ1) is 16.8. The molecule has 4 heteroatoms. The Morgan fingerprint density at radius 2 is 1.94 bits per heavy atom. The Balaban J connectivity index is 0.00000289. The zero-order valence-corrected chi connectivity index (χ0v) is 11.0. The normalized spacial score (nSPS) is 10.1. The van der Waals surface area contributed by atoms with Crippen molar-refractivity contribution in [1.29, 1.82) is 0 Å². The molecule has 0 radical (unpaired) electrons. The van der Waals surface area contributed by atoms with E-state index in [0.29, 0.717) is 0 Å². The number of carbonyl (C=O) groups is 1. The first-order valence-corrected chi connectivity index (χ1v) is 5.84. The van der Waals surface area contributed by atoms with Crippen LogP contribution in [-0.2, 0) is 4.79 Å². The van der Waals surface area contributed by atoms with Crippen LogP contribution < -0.4 is 28.7 Å². The molecule has 1 aromatic rings. The van der Waals surface area contributed by atoms with Crippen molar-refractivity contribution in [2.45, 2.75) is 26.2 Å². The number of ether oxygens (including phenoxy) is 1. The van der Waals surface area contributed by atoms with E-state index < -0.39 is 5.97 Å². The largest absolute Gasteiger partial charge is 1.00 e. The van der Waals surface area contributed by atoms with E-state index in [1.165, 1.54) is 18.9 Å². The summed E-state index contributed by atoms with van der Waals surface area (Å²) >= 11 is 0. The molecule has 0 atom stereocenters. The molecule has 1 rings (SSSR count). The molecule has 0 aromatic heterocycles. The van der Waals surface area contributed by atoms with E-state index in [1.54, 1.807) is 0 Å². The van der Waals surface area contributed by atoms with Crippen LogP contribution in [0.5, 0.6) is 5.75 Å². The smallest absolute Gasteiger partial charge is 0.545 e. The standard InChI is InChI=1S/C14H18O3.Li/c1-2-3-4-11-17-13-8-5-12(6-9-13)7-10-14(15)16;/h5-10H,2-4,11H2,1H3,(H,15,16);/q;+1/p-1. The van der Waals surface area contributed by atoms with Crippen LogP contribution in [-0.4, -0.2) is 12.6 Å². The summed E-state index contributed by atoms with van der Waals surface area (Å²) in [6.45, 7) is 2.88. The van der Waals surface area contributed by atoms with Crippen molar-refractivity contribution < 1.29 is 33.5 Å². The van der Waals surface area contributed by atoms with Crippen molar-refractivity contribution in [1.82, 2.24) is 0 Å². The van der Waals surface area contributed by atoms with Gasteiger partial charge in [0, 0.05) is 0 Å². The van der Waals surface area contributed by atoms with Crippen molar-refractivity contribution in [3.63, 3.8) is 0 Å². The van der Waals surface area contributed by atoms with Gasteiger partial charge in [0.1, 0.15) is 5.75 Å². The number of carbonyl (C=O) groups excluding carboxylic acids is 1. The quantitative estimate of drug-likeness (QED) is 0.350. The van der Waals surface area contributed by atoms with Gasteiger partial charge < -0.3 is 14.6 Å². The maximum atomic E-state index is 10.2. The fraction of sp³-hybridized carbons (Fsp3) is 0.357. The Kier molecular flexibility index (Phi) is 9.18. The van der Waals surface area contributed by atoms with Crippen LogP contribution in [0.3, 0.4) is 0 Å². The first-order valence-electron chi connectivity index (χ1n) is 5.84. The van der Waals surface area contributed by atoms with Gasteiger partial charge in [-0.2, -0.15) is 0 Å². The molecule has 0 N–H and O–H groups in total. The average Bonchev–Trinajstić information content (AvgIpc) is 2.33. The second-order valence-corrected chi connectivity index (χ2v) is 3.78. The third kappa shape index (κ3) is 7.21. The molecule has 0 aliphatic heterocycles. The van der Waals surface area contributed by atoms with Gasteiger partial charge in [-0.05, 0) is 30.2 Å². The molecule has 0 amide bonds. The molecule has 0 bridgehead atoms. The van der Waals surface area contributed by atoms with Gasteiger partial charge in [-0.1, -0.05) is 38.0 Å². The zero-order valence-electron chi connectivity index (χ0n) is 11.0. The predicted octanol–water partition coefficient (Wildman–Crippen LogP) is -0.977. The summed E-state index contributed by atoms with van der Waals surface area (Å²) < 4.78 is 5.54. The van der Waals surface area contributed by atoms with Gasteiger partial charge in [0.05, 0.1) is 12.6 Å². The van der Waals surface area contributed by atoms with Gasteiger partial charge >= 0.3 is 18.9 Å². The minimum atomic E-state index is -1.19. The predicted molar refractivity (Wildman–Crippen MR) is 65.5 cm³/mol. The maximum Gasteiger partial charge on any atom is 1.00 e. The van der Waals surface area contributed by atoms with E-state index in [1.807, 2.05) is 24.3 Å². The van der Waals surface area contributed by atoms with Gasteiger partial charge in [-0.15, -0.1) is 0 Å². The molecule has 1 aromatic carbocycles. The van der Waals surface area contributed by atoms with Crippen LogP contribution in [0.4, 0.5) is 0 Å². The Morgan fingerprint density at radius 1 is 1.28 bits per heavy atom. The van der Waals surface area contributed by atoms with Gasteiger partial charge in [0.2, 0.25) is 0 Å². The summed E-state index contributed by atoms with van der Waals surface area (Å²) in [7, 11) is 0. The molecule has 0 unspecified atom stereocenters. The van der Waals surface area contributed by atoms with Gasteiger partial charge in [0.25, 0.3) is 0 Å². The minimum absolute atomic E-state index is 0. The zero-order chi connectivity index (χ0) is 12.5. The Morgan fingerprint density at radius 3 is 2.50 bits per heavy atom. The summed E-state index contributed by atoms with van der Waals surface area (Å²) in [6.07, 6.45) is 5.92. The number of carboxylic acids is 1. The van der Waals surface area contributed by atoms with Crippen molar-refractivity contribution in [3.05, 3.63) is 35.9 Å². The van der Waals surface area contributed by atoms with E-state index >= 15 is 0 Å². The van der Waals surface area contributed by atoms with Gasteiger partial charge in [-0.3, -0.25) is 0 Å². The van der Waals surface area contributed by atoms with Crippen LogP contribution in [0.1, 0.15) is 31.7 Å². The molecule has 0 aliphatic carbocycles. The third-order valence-corrected chi connectivity index (χ3v) is 2.31. The number of hydrogen-bond acceptors (Lipinski definition) is 3.